The molecule has 1 aromatic heterocycles. The number of nitrogens with zero attached hydrogens (tertiary/aromatic N) is 1. The van der Waals surface area contributed by atoms with Crippen molar-refractivity contribution < 1.29 is 0 Å². The van der Waals surface area contributed by atoms with Gasteiger partial charge in [-0.15, -0.1) is 11.3 Å². The van der Waals surface area contributed by atoms with Gasteiger partial charge in [0.25, 0.3) is 0 Å². The molecule has 4 heterocycles. The highest BCUT2D eigenvalue weighted by Crippen LogP contribution is 2.29. The first kappa shape index (κ1) is 11.9. The SMILES string of the molecule is c1cc(CNC2CN3CCC2CC3)c2sccc2c1. The standard InChI is InChI=1S/C16H20N2S/c1-2-13-6-9-19-16(13)14(3-1)10-17-15-11-18-7-4-12(15)5-8-18/h1-3,6,9,12,15,17H,4-5,7-8,10-11H2. The van der Waals surface area contributed by atoms with E-state index in [0.29, 0.717) is 6.04 Å². The van der Waals surface area contributed by atoms with Crippen LogP contribution in [0.15, 0.2) is 29.6 Å². The summed E-state index contributed by atoms with van der Waals surface area (Å²) < 4.78 is 1.45. The predicted molar refractivity (Wildman–Crippen MR) is 81.6 cm³/mol. The Balaban J connectivity index is 1.49. The summed E-state index contributed by atoms with van der Waals surface area (Å²) >= 11 is 1.87. The minimum atomic E-state index is 0.706. The zero-order valence-corrected chi connectivity index (χ0v) is 12.0. The van der Waals surface area contributed by atoms with Crippen molar-refractivity contribution >= 4 is 21.4 Å². The second-order valence-corrected chi connectivity index (χ2v) is 6.80. The molecule has 1 atom stereocenters. The second kappa shape index (κ2) is 4.89. The lowest BCUT2D eigenvalue weighted by Crippen LogP contribution is -2.55. The third kappa shape index (κ3) is 2.20. The number of fused-ring (bicyclic) bond motifs is 4. The minimum absolute atomic E-state index is 0.706. The lowest BCUT2D eigenvalue weighted by molar-refractivity contribution is 0.0720. The van der Waals surface area contributed by atoms with Crippen LogP contribution in [0.5, 0.6) is 0 Å². The van der Waals surface area contributed by atoms with E-state index >= 15 is 0 Å². The fourth-order valence-corrected chi connectivity index (χ4v) is 4.55. The molecule has 19 heavy (non-hydrogen) atoms. The minimum Gasteiger partial charge on any atom is -0.308 e. The largest absolute Gasteiger partial charge is 0.308 e. The van der Waals surface area contributed by atoms with Gasteiger partial charge in [0.1, 0.15) is 0 Å². The van der Waals surface area contributed by atoms with E-state index in [2.05, 4.69) is 39.9 Å². The van der Waals surface area contributed by atoms with Gasteiger partial charge in [-0.3, -0.25) is 0 Å². The number of benzene rings is 1. The normalized spacial score (nSPS) is 30.0. The molecule has 0 saturated carbocycles. The summed E-state index contributed by atoms with van der Waals surface area (Å²) in [5.41, 5.74) is 1.46. The summed E-state index contributed by atoms with van der Waals surface area (Å²) in [7, 11) is 0. The number of nitrogens with one attached hydrogen (secondary N) is 1. The molecule has 3 aliphatic heterocycles. The second-order valence-electron chi connectivity index (χ2n) is 5.88. The van der Waals surface area contributed by atoms with Crippen molar-refractivity contribution in [1.29, 1.82) is 0 Å². The van der Waals surface area contributed by atoms with Crippen LogP contribution in [0.2, 0.25) is 0 Å². The topological polar surface area (TPSA) is 15.3 Å². The molecule has 2 aromatic rings. The van der Waals surface area contributed by atoms with Gasteiger partial charge in [0, 0.05) is 23.8 Å². The van der Waals surface area contributed by atoms with Crippen LogP contribution in [0.25, 0.3) is 10.1 Å². The summed E-state index contributed by atoms with van der Waals surface area (Å²) in [6.45, 7) is 4.92. The van der Waals surface area contributed by atoms with E-state index in [0.717, 1.165) is 12.5 Å². The molecule has 2 bridgehead atoms. The van der Waals surface area contributed by atoms with Crippen LogP contribution in [0, 0.1) is 5.92 Å². The van der Waals surface area contributed by atoms with Crippen LogP contribution < -0.4 is 5.32 Å². The Labute approximate surface area is 118 Å². The quantitative estimate of drug-likeness (QED) is 0.923. The maximum absolute atomic E-state index is 3.82. The molecule has 0 spiro atoms. The number of hydrogen-bond acceptors (Lipinski definition) is 3. The summed E-state index contributed by atoms with van der Waals surface area (Å²) in [4.78, 5) is 2.61. The first-order valence-corrected chi connectivity index (χ1v) is 8.19. The smallest absolute Gasteiger partial charge is 0.0387 e. The monoisotopic (exact) mass is 272 g/mol. The molecule has 100 valence electrons. The van der Waals surface area contributed by atoms with Gasteiger partial charge in [0.15, 0.2) is 0 Å². The first-order valence-electron chi connectivity index (χ1n) is 7.31. The van der Waals surface area contributed by atoms with Gasteiger partial charge in [-0.05, 0) is 54.2 Å². The third-order valence-corrected chi connectivity index (χ3v) is 5.78. The Morgan fingerprint density at radius 2 is 2.11 bits per heavy atom. The van der Waals surface area contributed by atoms with Gasteiger partial charge in [-0.1, -0.05) is 18.2 Å². The molecule has 3 aliphatic rings. The molecule has 1 N–H and O–H groups in total. The Kier molecular flexibility index (Phi) is 3.06. The van der Waals surface area contributed by atoms with Crippen molar-refractivity contribution in [1.82, 2.24) is 10.2 Å². The maximum atomic E-state index is 3.82. The highest BCUT2D eigenvalue weighted by Gasteiger charge is 2.33. The zero-order valence-electron chi connectivity index (χ0n) is 11.1. The van der Waals surface area contributed by atoms with E-state index in [-0.39, 0.29) is 0 Å². The molecule has 3 saturated heterocycles. The molecule has 0 aliphatic carbocycles. The molecule has 2 nitrogen and oxygen atoms in total. The van der Waals surface area contributed by atoms with E-state index in [4.69, 9.17) is 0 Å². The summed E-state index contributed by atoms with van der Waals surface area (Å²) in [6.07, 6.45) is 2.78. The molecule has 1 unspecified atom stereocenters. The van der Waals surface area contributed by atoms with Gasteiger partial charge in [0.05, 0.1) is 0 Å². The van der Waals surface area contributed by atoms with Gasteiger partial charge < -0.3 is 10.2 Å². The van der Waals surface area contributed by atoms with Crippen LogP contribution in [-0.2, 0) is 6.54 Å². The summed E-state index contributed by atoms with van der Waals surface area (Å²) in [5.74, 6) is 0.910. The number of piperidine rings is 3. The molecule has 3 heteroatoms. The molecular weight excluding hydrogens is 252 g/mol. The van der Waals surface area contributed by atoms with Gasteiger partial charge >= 0.3 is 0 Å². The zero-order chi connectivity index (χ0) is 12.7. The fraction of sp³-hybridized carbons (Fsp3) is 0.500. The van der Waals surface area contributed by atoms with Crippen LogP contribution in [0.1, 0.15) is 18.4 Å². The molecular formula is C16H20N2S. The van der Waals surface area contributed by atoms with E-state index in [1.807, 2.05) is 11.3 Å². The van der Waals surface area contributed by atoms with Crippen molar-refractivity contribution in [2.24, 2.45) is 5.92 Å². The fourth-order valence-electron chi connectivity index (χ4n) is 3.63. The molecule has 3 fully saturated rings. The number of rotatable bonds is 3. The maximum Gasteiger partial charge on any atom is 0.0387 e. The van der Waals surface area contributed by atoms with Gasteiger partial charge in [-0.25, -0.2) is 0 Å². The van der Waals surface area contributed by atoms with Crippen LogP contribution in [0.4, 0.5) is 0 Å². The lowest BCUT2D eigenvalue weighted by Gasteiger charge is -2.45. The Hall–Kier alpha value is -0.900. The summed E-state index contributed by atoms with van der Waals surface area (Å²) in [5, 5.41) is 7.40. The van der Waals surface area contributed by atoms with Crippen LogP contribution in [-0.4, -0.2) is 30.6 Å². The van der Waals surface area contributed by atoms with Crippen LogP contribution in [0.3, 0.4) is 0 Å². The molecule has 5 rings (SSSR count). The van der Waals surface area contributed by atoms with Crippen molar-refractivity contribution in [3.05, 3.63) is 35.2 Å². The Morgan fingerprint density at radius 1 is 1.21 bits per heavy atom. The average Bonchev–Trinajstić information content (AvgIpc) is 2.95. The van der Waals surface area contributed by atoms with Crippen molar-refractivity contribution in [3.8, 4) is 0 Å². The molecule has 0 radical (unpaired) electrons. The highest BCUT2D eigenvalue weighted by molar-refractivity contribution is 7.17. The molecule has 0 amide bonds. The molecule has 1 aromatic carbocycles. The number of hydrogen-bond donors (Lipinski definition) is 1. The third-order valence-electron chi connectivity index (χ3n) is 4.77. The highest BCUT2D eigenvalue weighted by atomic mass is 32.1. The number of thiophene rings is 1. The summed E-state index contributed by atoms with van der Waals surface area (Å²) in [6, 6.07) is 9.59. The van der Waals surface area contributed by atoms with E-state index in [1.165, 1.54) is 48.1 Å². The van der Waals surface area contributed by atoms with Crippen molar-refractivity contribution in [2.45, 2.75) is 25.4 Å². The van der Waals surface area contributed by atoms with E-state index < -0.39 is 0 Å². The van der Waals surface area contributed by atoms with Gasteiger partial charge in [0.2, 0.25) is 0 Å². The lowest BCUT2D eigenvalue weighted by atomic mass is 9.84. The predicted octanol–water partition coefficient (Wildman–Crippen LogP) is 3.09. The van der Waals surface area contributed by atoms with E-state index in [9.17, 15) is 0 Å². The van der Waals surface area contributed by atoms with Gasteiger partial charge in [-0.2, -0.15) is 0 Å². The first-order chi connectivity index (χ1) is 9.40. The van der Waals surface area contributed by atoms with Crippen LogP contribution >= 0.6 is 11.3 Å². The van der Waals surface area contributed by atoms with E-state index in [1.54, 1.807) is 0 Å². The van der Waals surface area contributed by atoms with Crippen molar-refractivity contribution in [2.75, 3.05) is 19.6 Å². The average molecular weight is 272 g/mol. The Morgan fingerprint density at radius 3 is 2.89 bits per heavy atom. The van der Waals surface area contributed by atoms with Crippen molar-refractivity contribution in [3.63, 3.8) is 0 Å². The Bertz CT molecular complexity index is 569.